The minimum absolute atomic E-state index is 0.0233. The Balaban J connectivity index is 1.86. The third kappa shape index (κ3) is 6.25. The van der Waals surface area contributed by atoms with Crippen LogP contribution in [0.3, 0.4) is 0 Å². The zero-order valence-corrected chi connectivity index (χ0v) is 20.0. The van der Waals surface area contributed by atoms with Crippen LogP contribution in [0, 0.1) is 0 Å². The second-order valence-electron chi connectivity index (χ2n) is 7.66. The standard InChI is InChI=1S/C21H16Cl3F6N3O2/c1-33(31-18(34)4-5-20(25,26)27)17-6-11(2-3-15(17)24)16-10-19(35-32-16,21(28,29)30)12-7-13(22)9-14(23)8-12/h2-3,6-9H,4-5,10H2,1H3,(H,31,34). The van der Waals surface area contributed by atoms with E-state index < -0.39 is 43.1 Å². The lowest BCUT2D eigenvalue weighted by Crippen LogP contribution is -2.42. The molecular formula is C21H16Cl3F6N3O2. The first-order valence-electron chi connectivity index (χ1n) is 9.79. The van der Waals surface area contributed by atoms with Gasteiger partial charge in [0, 0.05) is 41.1 Å². The Morgan fingerprint density at radius 2 is 1.71 bits per heavy atom. The van der Waals surface area contributed by atoms with Crippen molar-refractivity contribution in [2.24, 2.45) is 5.16 Å². The number of anilines is 1. The number of alkyl halides is 6. The highest BCUT2D eigenvalue weighted by Gasteiger charge is 2.62. The number of carbonyl (C=O) groups is 1. The zero-order valence-electron chi connectivity index (χ0n) is 17.7. The van der Waals surface area contributed by atoms with E-state index in [9.17, 15) is 31.1 Å². The van der Waals surface area contributed by atoms with Crippen LogP contribution in [0.5, 0.6) is 0 Å². The average Bonchev–Trinajstić information content (AvgIpc) is 3.18. The number of rotatable bonds is 6. The van der Waals surface area contributed by atoms with Gasteiger partial charge in [0.1, 0.15) is 0 Å². The molecule has 2 aromatic carbocycles. The molecule has 0 spiro atoms. The molecule has 1 N–H and O–H groups in total. The normalized spacial score (nSPS) is 18.2. The fourth-order valence-electron chi connectivity index (χ4n) is 3.35. The van der Waals surface area contributed by atoms with Gasteiger partial charge in [0.2, 0.25) is 5.91 Å². The van der Waals surface area contributed by atoms with Crippen LogP contribution < -0.4 is 10.4 Å². The van der Waals surface area contributed by atoms with E-state index in [0.717, 1.165) is 17.1 Å². The number of nitrogens with one attached hydrogen (secondary N) is 1. The van der Waals surface area contributed by atoms with Gasteiger partial charge in [-0.1, -0.05) is 46.0 Å². The first kappa shape index (κ1) is 27.2. The van der Waals surface area contributed by atoms with Crippen LogP contribution in [0.4, 0.5) is 32.0 Å². The molecule has 0 saturated carbocycles. The van der Waals surface area contributed by atoms with Gasteiger partial charge in [0.05, 0.1) is 22.8 Å². The van der Waals surface area contributed by atoms with Crippen molar-refractivity contribution in [1.82, 2.24) is 5.43 Å². The van der Waals surface area contributed by atoms with Crippen molar-refractivity contribution in [3.8, 4) is 0 Å². The van der Waals surface area contributed by atoms with Gasteiger partial charge in [-0.05, 0) is 30.3 Å². The molecule has 0 saturated heterocycles. The molecule has 14 heteroatoms. The van der Waals surface area contributed by atoms with Crippen molar-refractivity contribution in [1.29, 1.82) is 0 Å². The Kier molecular flexibility index (Phi) is 7.73. The Hall–Kier alpha value is -2.37. The van der Waals surface area contributed by atoms with E-state index in [-0.39, 0.29) is 37.6 Å². The maximum Gasteiger partial charge on any atom is 0.435 e. The second-order valence-corrected chi connectivity index (χ2v) is 8.94. The fraction of sp³-hybridized carbons (Fsp3) is 0.333. The van der Waals surface area contributed by atoms with E-state index in [4.69, 9.17) is 39.6 Å². The van der Waals surface area contributed by atoms with Gasteiger partial charge in [-0.3, -0.25) is 15.2 Å². The Bertz CT molecular complexity index is 1140. The zero-order chi connectivity index (χ0) is 26.2. The molecule has 0 aromatic heterocycles. The Labute approximate surface area is 210 Å². The topological polar surface area (TPSA) is 53.9 Å². The number of nitrogens with zero attached hydrogens (tertiary/aromatic N) is 2. The average molecular weight is 563 g/mol. The van der Waals surface area contributed by atoms with Crippen LogP contribution in [0.1, 0.15) is 30.4 Å². The van der Waals surface area contributed by atoms with Crippen LogP contribution in [-0.4, -0.2) is 31.0 Å². The largest absolute Gasteiger partial charge is 0.435 e. The predicted octanol–water partition coefficient (Wildman–Crippen LogP) is 7.04. The summed E-state index contributed by atoms with van der Waals surface area (Å²) in [7, 11) is 1.32. The van der Waals surface area contributed by atoms with Crippen LogP contribution in [0.15, 0.2) is 41.6 Å². The smallest absolute Gasteiger partial charge is 0.374 e. The Morgan fingerprint density at radius 1 is 1.09 bits per heavy atom. The van der Waals surface area contributed by atoms with Gasteiger partial charge in [0.15, 0.2) is 0 Å². The summed E-state index contributed by atoms with van der Waals surface area (Å²) < 4.78 is 79.6. The second kappa shape index (κ2) is 9.94. The molecule has 2 aromatic rings. The lowest BCUT2D eigenvalue weighted by Gasteiger charge is -2.29. The number of carbonyl (C=O) groups excluding carboxylic acids is 1. The lowest BCUT2D eigenvalue weighted by molar-refractivity contribution is -0.275. The third-order valence-corrected chi connectivity index (χ3v) is 5.84. The summed E-state index contributed by atoms with van der Waals surface area (Å²) >= 11 is 17.9. The van der Waals surface area contributed by atoms with E-state index in [2.05, 4.69) is 10.6 Å². The maximum atomic E-state index is 14.2. The summed E-state index contributed by atoms with van der Waals surface area (Å²) in [6, 6.07) is 7.50. The van der Waals surface area contributed by atoms with Crippen molar-refractivity contribution in [3.05, 3.63) is 62.6 Å². The number of oxime groups is 1. The van der Waals surface area contributed by atoms with Gasteiger partial charge in [-0.2, -0.15) is 26.3 Å². The van der Waals surface area contributed by atoms with Crippen LogP contribution >= 0.6 is 34.8 Å². The summed E-state index contributed by atoms with van der Waals surface area (Å²) in [6.07, 6.45) is -12.3. The van der Waals surface area contributed by atoms with E-state index in [1.807, 2.05) is 0 Å². The van der Waals surface area contributed by atoms with Crippen molar-refractivity contribution in [3.63, 3.8) is 0 Å². The highest BCUT2D eigenvalue weighted by Crippen LogP contribution is 2.50. The highest BCUT2D eigenvalue weighted by atomic mass is 35.5. The van der Waals surface area contributed by atoms with E-state index in [1.165, 1.54) is 31.3 Å². The molecule has 1 aliphatic rings. The predicted molar refractivity (Wildman–Crippen MR) is 120 cm³/mol. The molecule has 1 amide bonds. The van der Waals surface area contributed by atoms with Crippen LogP contribution in [0.25, 0.3) is 0 Å². The highest BCUT2D eigenvalue weighted by molar-refractivity contribution is 6.34. The summed E-state index contributed by atoms with van der Waals surface area (Å²) in [4.78, 5) is 16.8. The van der Waals surface area contributed by atoms with Gasteiger partial charge in [0.25, 0.3) is 5.60 Å². The van der Waals surface area contributed by atoms with Crippen molar-refractivity contribution in [2.75, 3.05) is 12.1 Å². The molecule has 0 fully saturated rings. The molecule has 0 radical (unpaired) electrons. The number of hydrogen-bond acceptors (Lipinski definition) is 4. The van der Waals surface area contributed by atoms with Gasteiger partial charge >= 0.3 is 12.4 Å². The van der Waals surface area contributed by atoms with Gasteiger partial charge < -0.3 is 4.84 Å². The van der Waals surface area contributed by atoms with E-state index in [0.29, 0.717) is 0 Å². The summed E-state index contributed by atoms with van der Waals surface area (Å²) in [5.74, 6) is -0.929. The first-order chi connectivity index (χ1) is 16.1. The molecule has 1 heterocycles. The molecule has 190 valence electrons. The number of halogens is 9. The minimum Gasteiger partial charge on any atom is -0.374 e. The summed E-state index contributed by atoms with van der Waals surface area (Å²) in [5, 5.41) is 4.74. The maximum absolute atomic E-state index is 14.2. The molecule has 3 rings (SSSR count). The molecule has 1 atom stereocenters. The molecule has 1 unspecified atom stereocenters. The number of amides is 1. The lowest BCUT2D eigenvalue weighted by atomic mass is 9.86. The number of benzene rings is 2. The van der Waals surface area contributed by atoms with Gasteiger partial charge in [-0.15, -0.1) is 0 Å². The third-order valence-electron chi connectivity index (χ3n) is 5.08. The molecule has 0 bridgehead atoms. The first-order valence-corrected chi connectivity index (χ1v) is 10.9. The Morgan fingerprint density at radius 3 is 2.29 bits per heavy atom. The van der Waals surface area contributed by atoms with E-state index in [1.54, 1.807) is 0 Å². The van der Waals surface area contributed by atoms with Crippen LogP contribution in [0.2, 0.25) is 15.1 Å². The van der Waals surface area contributed by atoms with Crippen molar-refractivity contribution in [2.45, 2.75) is 37.2 Å². The molecule has 5 nitrogen and oxygen atoms in total. The number of hydrazine groups is 1. The molecule has 35 heavy (non-hydrogen) atoms. The van der Waals surface area contributed by atoms with E-state index >= 15 is 0 Å². The van der Waals surface area contributed by atoms with Gasteiger partial charge in [-0.25, -0.2) is 0 Å². The quantitative estimate of drug-likeness (QED) is 0.304. The monoisotopic (exact) mass is 561 g/mol. The fourth-order valence-corrected chi connectivity index (χ4v) is 4.12. The molecule has 1 aliphatic heterocycles. The van der Waals surface area contributed by atoms with Crippen molar-refractivity contribution >= 4 is 52.1 Å². The summed E-state index contributed by atoms with van der Waals surface area (Å²) in [6.45, 7) is 0. The molecular weight excluding hydrogens is 547 g/mol. The minimum atomic E-state index is -4.90. The SMILES string of the molecule is CN(NC(=O)CCC(F)(F)F)c1cc(C2=NOC(c3cc(Cl)cc(Cl)c3)(C(F)(F)F)C2)ccc1Cl. The van der Waals surface area contributed by atoms with Crippen molar-refractivity contribution < 1.29 is 36.0 Å². The van der Waals surface area contributed by atoms with Crippen LogP contribution in [-0.2, 0) is 15.2 Å². The number of hydrogen-bond donors (Lipinski definition) is 1. The molecule has 0 aliphatic carbocycles. The summed E-state index contributed by atoms with van der Waals surface area (Å²) in [5.41, 5.74) is -0.756.